The maximum atomic E-state index is 12.2. The number of aromatic carboxylic acids is 1. The zero-order valence-electron chi connectivity index (χ0n) is 14.3. The third-order valence-corrected chi connectivity index (χ3v) is 3.56. The molecule has 0 bridgehead atoms. The van der Waals surface area contributed by atoms with Gasteiger partial charge >= 0.3 is 5.97 Å². The van der Waals surface area contributed by atoms with Crippen molar-refractivity contribution in [2.24, 2.45) is 5.73 Å². The first-order valence-electron chi connectivity index (χ1n) is 7.88. The van der Waals surface area contributed by atoms with E-state index in [0.29, 0.717) is 30.6 Å². The van der Waals surface area contributed by atoms with Gasteiger partial charge in [0.15, 0.2) is 0 Å². The van der Waals surface area contributed by atoms with Gasteiger partial charge in [-0.15, -0.1) is 12.4 Å². The summed E-state index contributed by atoms with van der Waals surface area (Å²) in [6.07, 6.45) is 0.678. The van der Waals surface area contributed by atoms with E-state index in [4.69, 9.17) is 10.8 Å². The zero-order chi connectivity index (χ0) is 19.1. The first kappa shape index (κ1) is 21.9. The van der Waals surface area contributed by atoms with Crippen LogP contribution >= 0.6 is 12.4 Å². The number of nitrogens with one attached hydrogen (secondary N) is 2. The van der Waals surface area contributed by atoms with Crippen LogP contribution < -0.4 is 16.4 Å². The number of carbonyl (C=O) groups is 3. The van der Waals surface area contributed by atoms with Gasteiger partial charge in [0.05, 0.1) is 0 Å². The number of hydrogen-bond acceptors (Lipinski definition) is 5. The van der Waals surface area contributed by atoms with Gasteiger partial charge < -0.3 is 26.6 Å². The monoisotopic (exact) mass is 393 g/mol. The minimum absolute atomic E-state index is 0. The molecule has 0 heterocycles. The summed E-state index contributed by atoms with van der Waals surface area (Å²) in [5.74, 6) is -2.42. The van der Waals surface area contributed by atoms with Crippen molar-refractivity contribution in [3.63, 3.8) is 0 Å². The summed E-state index contributed by atoms with van der Waals surface area (Å²) in [6.45, 7) is 0.963. The summed E-state index contributed by atoms with van der Waals surface area (Å²) in [6, 6.07) is 9.76. The Hall–Kier alpha value is -3.10. The third-order valence-electron chi connectivity index (χ3n) is 3.56. The summed E-state index contributed by atoms with van der Waals surface area (Å²) in [5, 5.41) is 23.7. The number of carboxylic acid groups (broad SMARTS) is 1. The number of benzene rings is 2. The van der Waals surface area contributed by atoms with Crippen molar-refractivity contribution in [1.29, 1.82) is 0 Å². The van der Waals surface area contributed by atoms with Gasteiger partial charge in [0.25, 0.3) is 11.8 Å². The summed E-state index contributed by atoms with van der Waals surface area (Å²) in [7, 11) is 0. The lowest BCUT2D eigenvalue weighted by atomic mass is 10.1. The van der Waals surface area contributed by atoms with Crippen molar-refractivity contribution in [3.05, 3.63) is 59.2 Å². The number of hydrogen-bond donors (Lipinski definition) is 5. The molecule has 0 radical (unpaired) electrons. The molecule has 0 spiro atoms. The van der Waals surface area contributed by atoms with Gasteiger partial charge in [0, 0.05) is 23.4 Å². The molecule has 9 heteroatoms. The highest BCUT2D eigenvalue weighted by Gasteiger charge is 2.13. The molecule has 0 atom stereocenters. The largest absolute Gasteiger partial charge is 0.507 e. The molecule has 2 aromatic rings. The number of anilines is 1. The molecule has 2 rings (SSSR count). The predicted octanol–water partition coefficient (Wildman–Crippen LogP) is 1.84. The molecular formula is C18H20ClN3O5. The summed E-state index contributed by atoms with van der Waals surface area (Å²) in [5.41, 5.74) is 5.99. The molecule has 0 saturated carbocycles. The van der Waals surface area contributed by atoms with E-state index in [0.717, 1.165) is 6.07 Å². The molecule has 0 unspecified atom stereocenters. The Morgan fingerprint density at radius 2 is 1.56 bits per heavy atom. The fourth-order valence-corrected chi connectivity index (χ4v) is 2.17. The molecule has 6 N–H and O–H groups in total. The molecule has 0 aliphatic rings. The molecule has 0 aliphatic heterocycles. The van der Waals surface area contributed by atoms with Gasteiger partial charge in [0.2, 0.25) is 0 Å². The Morgan fingerprint density at radius 3 is 2.11 bits per heavy atom. The van der Waals surface area contributed by atoms with Crippen LogP contribution in [0.25, 0.3) is 0 Å². The zero-order valence-corrected chi connectivity index (χ0v) is 15.1. The number of nitrogens with two attached hydrogens (primary N) is 1. The Bertz CT molecular complexity index is 824. The van der Waals surface area contributed by atoms with Crippen LogP contribution in [0.4, 0.5) is 5.69 Å². The average molecular weight is 394 g/mol. The smallest absolute Gasteiger partial charge is 0.339 e. The van der Waals surface area contributed by atoms with Crippen molar-refractivity contribution >= 4 is 35.9 Å². The minimum atomic E-state index is -1.30. The second-order valence-corrected chi connectivity index (χ2v) is 5.47. The van der Waals surface area contributed by atoms with Gasteiger partial charge in [0.1, 0.15) is 11.3 Å². The van der Waals surface area contributed by atoms with Gasteiger partial charge in [-0.1, -0.05) is 0 Å². The van der Waals surface area contributed by atoms with E-state index in [9.17, 15) is 19.5 Å². The second-order valence-electron chi connectivity index (χ2n) is 5.47. The van der Waals surface area contributed by atoms with Crippen molar-refractivity contribution in [2.75, 3.05) is 18.4 Å². The van der Waals surface area contributed by atoms with Crippen LogP contribution in [0.1, 0.15) is 37.5 Å². The average Bonchev–Trinajstić information content (AvgIpc) is 2.63. The lowest BCUT2D eigenvalue weighted by Gasteiger charge is -2.08. The summed E-state index contributed by atoms with van der Waals surface area (Å²) in [4.78, 5) is 35.1. The van der Waals surface area contributed by atoms with E-state index in [1.165, 1.54) is 36.4 Å². The number of halogens is 1. The van der Waals surface area contributed by atoms with Gasteiger partial charge in [-0.05, 0) is 55.4 Å². The standard InChI is InChI=1S/C18H19N3O5.ClH/c19-8-1-9-20-16(23)11-2-4-12(5-3-11)17(24)21-13-6-7-15(22)14(10-13)18(25)26;/h2-7,10,22H,1,8-9,19H2,(H,20,23)(H,21,24)(H,25,26);1H. The highest BCUT2D eigenvalue weighted by Crippen LogP contribution is 2.22. The topological polar surface area (TPSA) is 142 Å². The highest BCUT2D eigenvalue weighted by molar-refractivity contribution is 6.05. The summed E-state index contributed by atoms with van der Waals surface area (Å²) < 4.78 is 0. The fraction of sp³-hybridized carbons (Fsp3) is 0.167. The minimum Gasteiger partial charge on any atom is -0.507 e. The highest BCUT2D eigenvalue weighted by atomic mass is 35.5. The molecule has 0 fully saturated rings. The van der Waals surface area contributed by atoms with Crippen molar-refractivity contribution in [1.82, 2.24) is 5.32 Å². The van der Waals surface area contributed by atoms with E-state index >= 15 is 0 Å². The quantitative estimate of drug-likeness (QED) is 0.359. The number of rotatable bonds is 7. The molecular weight excluding hydrogens is 374 g/mol. The van der Waals surface area contributed by atoms with Crippen LogP contribution in [0, 0.1) is 0 Å². The SMILES string of the molecule is Cl.NCCCNC(=O)c1ccc(C(=O)Nc2ccc(O)c(C(=O)O)c2)cc1. The molecule has 0 saturated heterocycles. The van der Waals surface area contributed by atoms with E-state index in [1.807, 2.05) is 0 Å². The number of carboxylic acids is 1. The lowest BCUT2D eigenvalue weighted by Crippen LogP contribution is -2.26. The molecule has 8 nitrogen and oxygen atoms in total. The lowest BCUT2D eigenvalue weighted by molar-refractivity contribution is 0.0693. The number of carbonyl (C=O) groups excluding carboxylic acids is 2. The first-order valence-corrected chi connectivity index (χ1v) is 7.88. The van der Waals surface area contributed by atoms with Crippen LogP contribution in [0.5, 0.6) is 5.75 Å². The molecule has 144 valence electrons. The molecule has 2 aromatic carbocycles. The van der Waals surface area contributed by atoms with Crippen LogP contribution in [-0.2, 0) is 0 Å². The van der Waals surface area contributed by atoms with Crippen LogP contribution in [0.2, 0.25) is 0 Å². The van der Waals surface area contributed by atoms with Crippen molar-refractivity contribution < 1.29 is 24.6 Å². The third kappa shape index (κ3) is 5.98. The van der Waals surface area contributed by atoms with Crippen molar-refractivity contribution in [2.45, 2.75) is 6.42 Å². The first-order chi connectivity index (χ1) is 12.4. The van der Waals surface area contributed by atoms with Crippen LogP contribution in [0.15, 0.2) is 42.5 Å². The number of phenols is 1. The van der Waals surface area contributed by atoms with E-state index in [-0.39, 0.29) is 35.3 Å². The van der Waals surface area contributed by atoms with Gasteiger partial charge in [-0.3, -0.25) is 9.59 Å². The number of amides is 2. The summed E-state index contributed by atoms with van der Waals surface area (Å²) >= 11 is 0. The van der Waals surface area contributed by atoms with Crippen LogP contribution in [0.3, 0.4) is 0 Å². The molecule has 0 aromatic heterocycles. The maximum Gasteiger partial charge on any atom is 0.339 e. The van der Waals surface area contributed by atoms with Gasteiger partial charge in [-0.25, -0.2) is 4.79 Å². The van der Waals surface area contributed by atoms with Crippen molar-refractivity contribution in [3.8, 4) is 5.75 Å². The Balaban J connectivity index is 0.00000364. The predicted molar refractivity (Wildman–Crippen MR) is 103 cm³/mol. The van der Waals surface area contributed by atoms with Crippen LogP contribution in [-0.4, -0.2) is 41.1 Å². The van der Waals surface area contributed by atoms with E-state index < -0.39 is 11.9 Å². The Kier molecular flexibility index (Phi) is 8.25. The normalized spacial score (nSPS) is 9.81. The Morgan fingerprint density at radius 1 is 0.963 bits per heavy atom. The number of aromatic hydroxyl groups is 1. The molecule has 0 aliphatic carbocycles. The maximum absolute atomic E-state index is 12.2. The fourth-order valence-electron chi connectivity index (χ4n) is 2.17. The Labute approximate surface area is 161 Å². The second kappa shape index (κ2) is 10.1. The molecule has 27 heavy (non-hydrogen) atoms. The van der Waals surface area contributed by atoms with E-state index in [2.05, 4.69) is 10.6 Å². The molecule has 2 amide bonds. The van der Waals surface area contributed by atoms with Gasteiger partial charge in [-0.2, -0.15) is 0 Å². The van der Waals surface area contributed by atoms with E-state index in [1.54, 1.807) is 0 Å².